The highest BCUT2D eigenvalue weighted by Gasteiger charge is 2.15. The zero-order chi connectivity index (χ0) is 13.6. The molecule has 0 saturated heterocycles. The normalized spacial score (nSPS) is 10.8. The topological polar surface area (TPSA) is 52.9 Å². The van der Waals surface area contributed by atoms with Gasteiger partial charge in [0.2, 0.25) is 5.91 Å². The van der Waals surface area contributed by atoms with E-state index in [1.54, 1.807) is 12.1 Å². The van der Waals surface area contributed by atoms with Crippen LogP contribution in [0.4, 0.5) is 0 Å². The first-order valence-corrected chi connectivity index (χ1v) is 6.16. The van der Waals surface area contributed by atoms with Gasteiger partial charge in [0.25, 0.3) is 0 Å². The second-order valence-corrected chi connectivity index (χ2v) is 5.65. The second kappa shape index (κ2) is 6.20. The first-order chi connectivity index (χ1) is 8.40. The van der Waals surface area contributed by atoms with Crippen LogP contribution in [0, 0.1) is 16.7 Å². The third-order valence-electron chi connectivity index (χ3n) is 2.51. The van der Waals surface area contributed by atoms with Crippen LogP contribution in [0.3, 0.4) is 0 Å². The summed E-state index contributed by atoms with van der Waals surface area (Å²) in [5.41, 5.74) is 1.82. The summed E-state index contributed by atoms with van der Waals surface area (Å²) in [6.07, 6.45) is 1.34. The Balaban J connectivity index is 2.33. The van der Waals surface area contributed by atoms with Crippen LogP contribution < -0.4 is 5.32 Å². The molecular weight excluding hydrogens is 224 g/mol. The van der Waals surface area contributed by atoms with Gasteiger partial charge in [-0.3, -0.25) is 4.79 Å². The van der Waals surface area contributed by atoms with E-state index in [9.17, 15) is 4.79 Å². The summed E-state index contributed by atoms with van der Waals surface area (Å²) in [6, 6.07) is 9.53. The SMILES string of the molecule is CC(C)(C)CC(=O)NCCc1ccc(C#N)cc1. The van der Waals surface area contributed by atoms with Gasteiger partial charge in [0.1, 0.15) is 0 Å². The van der Waals surface area contributed by atoms with Crippen LogP contribution in [0.25, 0.3) is 0 Å². The van der Waals surface area contributed by atoms with E-state index in [0.29, 0.717) is 18.5 Å². The van der Waals surface area contributed by atoms with E-state index in [-0.39, 0.29) is 11.3 Å². The van der Waals surface area contributed by atoms with E-state index in [1.807, 2.05) is 32.9 Å². The van der Waals surface area contributed by atoms with Gasteiger partial charge >= 0.3 is 0 Å². The third-order valence-corrected chi connectivity index (χ3v) is 2.51. The molecule has 18 heavy (non-hydrogen) atoms. The second-order valence-electron chi connectivity index (χ2n) is 5.65. The van der Waals surface area contributed by atoms with E-state index < -0.39 is 0 Å². The fourth-order valence-electron chi connectivity index (χ4n) is 1.64. The summed E-state index contributed by atoms with van der Waals surface area (Å²) in [6.45, 7) is 6.79. The lowest BCUT2D eigenvalue weighted by atomic mass is 9.92. The van der Waals surface area contributed by atoms with Crippen molar-refractivity contribution in [3.8, 4) is 6.07 Å². The Kier molecular flexibility index (Phi) is 4.91. The third kappa shape index (κ3) is 5.49. The summed E-state index contributed by atoms with van der Waals surface area (Å²) in [7, 11) is 0. The highest BCUT2D eigenvalue weighted by Crippen LogP contribution is 2.17. The number of carbonyl (C=O) groups is 1. The van der Waals surface area contributed by atoms with Crippen molar-refractivity contribution >= 4 is 5.91 Å². The van der Waals surface area contributed by atoms with Gasteiger partial charge in [-0.25, -0.2) is 0 Å². The molecule has 0 heterocycles. The summed E-state index contributed by atoms with van der Waals surface area (Å²) >= 11 is 0. The molecule has 96 valence electrons. The Bertz CT molecular complexity index is 435. The molecule has 0 atom stereocenters. The van der Waals surface area contributed by atoms with Gasteiger partial charge in [0.05, 0.1) is 11.6 Å². The van der Waals surface area contributed by atoms with Crippen LogP contribution in [0.1, 0.15) is 38.3 Å². The Morgan fingerprint density at radius 3 is 2.39 bits per heavy atom. The van der Waals surface area contributed by atoms with E-state index in [1.165, 1.54) is 0 Å². The minimum Gasteiger partial charge on any atom is -0.356 e. The van der Waals surface area contributed by atoms with Crippen molar-refractivity contribution in [2.24, 2.45) is 5.41 Å². The minimum absolute atomic E-state index is 0.0263. The molecule has 0 saturated carbocycles. The molecule has 0 bridgehead atoms. The molecule has 0 radical (unpaired) electrons. The largest absolute Gasteiger partial charge is 0.356 e. The zero-order valence-corrected chi connectivity index (χ0v) is 11.3. The van der Waals surface area contributed by atoms with Crippen molar-refractivity contribution < 1.29 is 4.79 Å². The quantitative estimate of drug-likeness (QED) is 0.885. The number of rotatable bonds is 4. The number of carbonyl (C=O) groups excluding carboxylic acids is 1. The molecule has 1 rings (SSSR count). The lowest BCUT2D eigenvalue weighted by molar-refractivity contribution is -0.122. The Morgan fingerprint density at radius 1 is 1.28 bits per heavy atom. The first kappa shape index (κ1) is 14.2. The van der Waals surface area contributed by atoms with E-state index in [4.69, 9.17) is 5.26 Å². The molecule has 0 aliphatic carbocycles. The van der Waals surface area contributed by atoms with Crippen LogP contribution in [0.2, 0.25) is 0 Å². The Hall–Kier alpha value is -1.82. The number of hydrogen-bond acceptors (Lipinski definition) is 2. The molecule has 3 heteroatoms. The summed E-state index contributed by atoms with van der Waals surface area (Å²) in [5, 5.41) is 11.6. The summed E-state index contributed by atoms with van der Waals surface area (Å²) < 4.78 is 0. The van der Waals surface area contributed by atoms with Crippen molar-refractivity contribution in [1.29, 1.82) is 5.26 Å². The van der Waals surface area contributed by atoms with Crippen LogP contribution in [0.15, 0.2) is 24.3 Å². The molecule has 0 fully saturated rings. The molecule has 0 unspecified atom stereocenters. The smallest absolute Gasteiger partial charge is 0.220 e. The maximum absolute atomic E-state index is 11.6. The lowest BCUT2D eigenvalue weighted by Gasteiger charge is -2.17. The monoisotopic (exact) mass is 244 g/mol. The number of benzene rings is 1. The summed E-state index contributed by atoms with van der Waals surface area (Å²) in [5.74, 6) is 0.0937. The van der Waals surface area contributed by atoms with Crippen molar-refractivity contribution in [1.82, 2.24) is 5.32 Å². The predicted octanol–water partition coefficient (Wildman–Crippen LogP) is 2.65. The fraction of sp³-hybridized carbons (Fsp3) is 0.467. The molecular formula is C15H20N2O. The first-order valence-electron chi connectivity index (χ1n) is 6.16. The average molecular weight is 244 g/mol. The van der Waals surface area contributed by atoms with Gasteiger partial charge in [-0.1, -0.05) is 32.9 Å². The van der Waals surface area contributed by atoms with Crippen LogP contribution in [0.5, 0.6) is 0 Å². The van der Waals surface area contributed by atoms with Crippen molar-refractivity contribution in [3.63, 3.8) is 0 Å². The molecule has 1 aromatic rings. The number of hydrogen-bond donors (Lipinski definition) is 1. The van der Waals surface area contributed by atoms with Gasteiger partial charge in [0.15, 0.2) is 0 Å². The van der Waals surface area contributed by atoms with E-state index >= 15 is 0 Å². The maximum Gasteiger partial charge on any atom is 0.220 e. The summed E-state index contributed by atoms with van der Waals surface area (Å²) in [4.78, 5) is 11.6. The van der Waals surface area contributed by atoms with Gasteiger partial charge in [0, 0.05) is 13.0 Å². The maximum atomic E-state index is 11.6. The average Bonchev–Trinajstić information content (AvgIpc) is 2.27. The number of amides is 1. The lowest BCUT2D eigenvalue weighted by Crippen LogP contribution is -2.29. The predicted molar refractivity (Wildman–Crippen MR) is 71.9 cm³/mol. The van der Waals surface area contributed by atoms with E-state index in [0.717, 1.165) is 12.0 Å². The highest BCUT2D eigenvalue weighted by molar-refractivity contribution is 5.76. The molecule has 1 aromatic carbocycles. The highest BCUT2D eigenvalue weighted by atomic mass is 16.1. The standard InChI is InChI=1S/C15H20N2O/c1-15(2,3)10-14(18)17-9-8-12-4-6-13(11-16)7-5-12/h4-7H,8-10H2,1-3H3,(H,17,18). The van der Waals surface area contributed by atoms with Crippen LogP contribution in [-0.2, 0) is 11.2 Å². The van der Waals surface area contributed by atoms with Gasteiger partial charge < -0.3 is 5.32 Å². The minimum atomic E-state index is 0.0263. The van der Waals surface area contributed by atoms with Gasteiger partial charge in [-0.05, 0) is 29.5 Å². The molecule has 1 N–H and O–H groups in total. The van der Waals surface area contributed by atoms with E-state index in [2.05, 4.69) is 11.4 Å². The molecule has 0 aliphatic heterocycles. The van der Waals surface area contributed by atoms with Crippen molar-refractivity contribution in [2.75, 3.05) is 6.54 Å². The zero-order valence-electron chi connectivity index (χ0n) is 11.3. The number of nitriles is 1. The molecule has 0 aromatic heterocycles. The fourth-order valence-corrected chi connectivity index (χ4v) is 1.64. The Morgan fingerprint density at radius 2 is 1.89 bits per heavy atom. The molecule has 1 amide bonds. The van der Waals surface area contributed by atoms with Crippen molar-refractivity contribution in [2.45, 2.75) is 33.6 Å². The van der Waals surface area contributed by atoms with Crippen LogP contribution >= 0.6 is 0 Å². The van der Waals surface area contributed by atoms with Crippen molar-refractivity contribution in [3.05, 3.63) is 35.4 Å². The number of nitrogens with zero attached hydrogens (tertiary/aromatic N) is 1. The molecule has 3 nitrogen and oxygen atoms in total. The Labute approximate surface area is 109 Å². The van der Waals surface area contributed by atoms with Crippen LogP contribution in [-0.4, -0.2) is 12.5 Å². The molecule has 0 aliphatic rings. The van der Waals surface area contributed by atoms with Gasteiger partial charge in [-0.2, -0.15) is 5.26 Å². The molecule has 0 spiro atoms. The number of nitrogens with one attached hydrogen (secondary N) is 1. The van der Waals surface area contributed by atoms with Gasteiger partial charge in [-0.15, -0.1) is 0 Å².